The largest absolute Gasteiger partial charge is 0.368 e. The van der Waals surface area contributed by atoms with Crippen LogP contribution in [0.3, 0.4) is 0 Å². The van der Waals surface area contributed by atoms with Crippen molar-refractivity contribution >= 4 is 11.7 Å². The van der Waals surface area contributed by atoms with E-state index < -0.39 is 29.1 Å². The number of urea groups is 1. The molecule has 1 N–H and O–H groups in total. The van der Waals surface area contributed by atoms with Crippen LogP contribution in [0.2, 0.25) is 0 Å². The molecule has 10 heteroatoms. The number of halogens is 5. The molecule has 0 aromatic heterocycles. The van der Waals surface area contributed by atoms with Crippen molar-refractivity contribution in [2.45, 2.75) is 38.8 Å². The van der Waals surface area contributed by atoms with Crippen molar-refractivity contribution in [3.63, 3.8) is 0 Å². The topological polar surface area (TPSA) is 38.8 Å². The van der Waals surface area contributed by atoms with Gasteiger partial charge in [-0.1, -0.05) is 0 Å². The lowest BCUT2D eigenvalue weighted by Crippen LogP contribution is -2.56. The summed E-state index contributed by atoms with van der Waals surface area (Å²) in [4.78, 5) is 18.3. The van der Waals surface area contributed by atoms with Crippen LogP contribution in [-0.4, -0.2) is 61.1 Å². The Morgan fingerprint density at radius 1 is 0.917 bits per heavy atom. The Kier molecular flexibility index (Phi) is 8.33. The highest BCUT2D eigenvalue weighted by atomic mass is 19.2. The summed E-state index contributed by atoms with van der Waals surface area (Å²) in [6.07, 6.45) is 2.75. The fourth-order valence-corrected chi connectivity index (χ4v) is 5.10. The monoisotopic (exact) mass is 510 g/mol. The van der Waals surface area contributed by atoms with Gasteiger partial charge in [-0.25, -0.2) is 26.7 Å². The van der Waals surface area contributed by atoms with E-state index in [0.29, 0.717) is 44.2 Å². The molecular weight excluding hydrogens is 479 g/mol. The summed E-state index contributed by atoms with van der Waals surface area (Å²) in [5, 5.41) is 2.98. The van der Waals surface area contributed by atoms with E-state index in [4.69, 9.17) is 0 Å². The van der Waals surface area contributed by atoms with E-state index in [9.17, 15) is 26.7 Å². The third-order valence-electron chi connectivity index (χ3n) is 7.09. The van der Waals surface area contributed by atoms with Crippen molar-refractivity contribution < 1.29 is 26.7 Å². The SMILES string of the molecule is C[C@@H]1CN(c2cc(F)c(F)c(F)c2)CCN1C(=O)NCCC1CCN(Cc2cc(F)cc(F)c2)CC1. The first kappa shape index (κ1) is 26.2. The second kappa shape index (κ2) is 11.5. The molecule has 0 aliphatic carbocycles. The van der Waals surface area contributed by atoms with E-state index in [2.05, 4.69) is 10.2 Å². The molecule has 0 bridgehead atoms. The minimum absolute atomic E-state index is 0.177. The van der Waals surface area contributed by atoms with E-state index in [-0.39, 0.29) is 17.8 Å². The predicted octanol–water partition coefficient (Wildman–Crippen LogP) is 4.90. The number of benzene rings is 2. The Morgan fingerprint density at radius 3 is 2.17 bits per heavy atom. The van der Waals surface area contributed by atoms with Gasteiger partial charge in [0.15, 0.2) is 17.5 Å². The molecule has 0 radical (unpaired) electrons. The third-order valence-corrected chi connectivity index (χ3v) is 7.09. The van der Waals surface area contributed by atoms with Gasteiger partial charge in [0.05, 0.1) is 0 Å². The number of likely N-dealkylation sites (tertiary alicyclic amines) is 1. The van der Waals surface area contributed by atoms with Crippen LogP contribution < -0.4 is 10.2 Å². The summed E-state index contributed by atoms with van der Waals surface area (Å²) >= 11 is 0. The average Bonchev–Trinajstić information content (AvgIpc) is 2.82. The molecule has 2 fully saturated rings. The molecule has 2 aliphatic heterocycles. The van der Waals surface area contributed by atoms with Gasteiger partial charge >= 0.3 is 6.03 Å². The van der Waals surface area contributed by atoms with Gasteiger partial charge < -0.3 is 15.1 Å². The van der Waals surface area contributed by atoms with Gasteiger partial charge in [0.1, 0.15) is 11.6 Å². The zero-order valence-corrected chi connectivity index (χ0v) is 20.3. The molecule has 2 amide bonds. The number of piperidine rings is 1. The molecule has 0 saturated carbocycles. The van der Waals surface area contributed by atoms with Gasteiger partial charge in [0, 0.05) is 62.7 Å². The maximum Gasteiger partial charge on any atom is 0.317 e. The van der Waals surface area contributed by atoms with Gasteiger partial charge in [0.25, 0.3) is 0 Å². The van der Waals surface area contributed by atoms with Crippen molar-refractivity contribution in [1.29, 1.82) is 0 Å². The van der Waals surface area contributed by atoms with Crippen LogP contribution in [0.1, 0.15) is 31.7 Å². The first-order valence-corrected chi connectivity index (χ1v) is 12.3. The lowest BCUT2D eigenvalue weighted by Gasteiger charge is -2.41. The molecule has 2 saturated heterocycles. The number of carbonyl (C=O) groups excluding carboxylic acids is 1. The summed E-state index contributed by atoms with van der Waals surface area (Å²) in [5.41, 5.74) is 0.884. The highest BCUT2D eigenvalue weighted by molar-refractivity contribution is 5.75. The highest BCUT2D eigenvalue weighted by Crippen LogP contribution is 2.25. The first-order valence-electron chi connectivity index (χ1n) is 12.3. The first-order chi connectivity index (χ1) is 17.2. The molecule has 5 nitrogen and oxygen atoms in total. The predicted molar refractivity (Wildman–Crippen MR) is 127 cm³/mol. The molecule has 2 aliphatic rings. The Morgan fingerprint density at radius 2 is 1.56 bits per heavy atom. The smallest absolute Gasteiger partial charge is 0.317 e. The third kappa shape index (κ3) is 6.46. The van der Waals surface area contributed by atoms with Crippen molar-refractivity contribution in [2.24, 2.45) is 5.92 Å². The maximum atomic E-state index is 13.6. The number of hydrogen-bond acceptors (Lipinski definition) is 3. The Labute approximate surface area is 207 Å². The van der Waals surface area contributed by atoms with Crippen molar-refractivity contribution in [2.75, 3.05) is 44.2 Å². The summed E-state index contributed by atoms with van der Waals surface area (Å²) in [6, 6.07) is 5.18. The van der Waals surface area contributed by atoms with Crippen molar-refractivity contribution in [1.82, 2.24) is 15.1 Å². The molecule has 2 aromatic rings. The minimum atomic E-state index is -1.49. The summed E-state index contributed by atoms with van der Waals surface area (Å²) in [6.45, 7) is 5.73. The van der Waals surface area contributed by atoms with Crippen LogP contribution in [0, 0.1) is 35.0 Å². The van der Waals surface area contributed by atoms with Gasteiger partial charge in [-0.3, -0.25) is 4.90 Å². The molecule has 2 aromatic carbocycles. The molecule has 2 heterocycles. The summed E-state index contributed by atoms with van der Waals surface area (Å²) in [5.74, 6) is -4.62. The number of anilines is 1. The van der Waals surface area contributed by atoms with E-state index in [1.165, 1.54) is 12.1 Å². The number of amides is 2. The molecule has 36 heavy (non-hydrogen) atoms. The van der Waals surface area contributed by atoms with Gasteiger partial charge in [-0.15, -0.1) is 0 Å². The standard InChI is InChI=1S/C26H31F5N4O/c1-17-15-34(22-13-23(29)25(31)24(30)14-22)8-9-35(17)26(36)32-5-2-18-3-6-33(7-4-18)16-19-10-20(27)12-21(28)11-19/h10-14,17-18H,2-9,15-16H2,1H3,(H,32,36)/t17-/m1/s1. The zero-order chi connectivity index (χ0) is 25.8. The minimum Gasteiger partial charge on any atom is -0.368 e. The number of rotatable bonds is 6. The van der Waals surface area contributed by atoms with E-state index >= 15 is 0 Å². The second-order valence-corrected chi connectivity index (χ2v) is 9.73. The Bertz CT molecular complexity index is 1030. The van der Waals surface area contributed by atoms with Crippen LogP contribution in [0.4, 0.5) is 32.4 Å². The molecule has 4 rings (SSSR count). The van der Waals surface area contributed by atoms with Crippen LogP contribution in [-0.2, 0) is 6.54 Å². The van der Waals surface area contributed by atoms with Crippen molar-refractivity contribution in [3.8, 4) is 0 Å². The van der Waals surface area contributed by atoms with Gasteiger partial charge in [0.2, 0.25) is 0 Å². The van der Waals surface area contributed by atoms with Gasteiger partial charge in [-0.05, 0) is 62.9 Å². The van der Waals surface area contributed by atoms with E-state index in [1.807, 2.05) is 6.92 Å². The molecule has 0 spiro atoms. The lowest BCUT2D eigenvalue weighted by atomic mass is 9.93. The summed E-state index contributed by atoms with van der Waals surface area (Å²) < 4.78 is 67.3. The number of nitrogens with zero attached hydrogens (tertiary/aromatic N) is 3. The molecule has 0 unspecified atom stereocenters. The fourth-order valence-electron chi connectivity index (χ4n) is 5.10. The lowest BCUT2D eigenvalue weighted by molar-refractivity contribution is 0.162. The summed E-state index contributed by atoms with van der Waals surface area (Å²) in [7, 11) is 0. The number of piperazine rings is 1. The molecule has 196 valence electrons. The van der Waals surface area contributed by atoms with Crippen LogP contribution >= 0.6 is 0 Å². The number of hydrogen-bond donors (Lipinski definition) is 1. The van der Waals surface area contributed by atoms with Gasteiger partial charge in [-0.2, -0.15) is 0 Å². The quantitative estimate of drug-likeness (QED) is 0.444. The van der Waals surface area contributed by atoms with Crippen molar-refractivity contribution in [3.05, 3.63) is 65.0 Å². The highest BCUT2D eigenvalue weighted by Gasteiger charge is 2.29. The second-order valence-electron chi connectivity index (χ2n) is 9.73. The van der Waals surface area contributed by atoms with E-state index in [0.717, 1.165) is 50.6 Å². The van der Waals surface area contributed by atoms with Crippen LogP contribution in [0.5, 0.6) is 0 Å². The normalized spacial score (nSPS) is 19.6. The molecule has 1 atom stereocenters. The number of carbonyl (C=O) groups is 1. The maximum absolute atomic E-state index is 13.6. The molecular formula is C26H31F5N4O. The number of nitrogens with one attached hydrogen (secondary N) is 1. The Balaban J connectivity index is 1.17. The van der Waals surface area contributed by atoms with Crippen LogP contribution in [0.25, 0.3) is 0 Å². The van der Waals surface area contributed by atoms with E-state index in [1.54, 1.807) is 9.80 Å². The Hall–Kier alpha value is -2.88. The average molecular weight is 511 g/mol. The van der Waals surface area contributed by atoms with Crippen LogP contribution in [0.15, 0.2) is 30.3 Å². The zero-order valence-electron chi connectivity index (χ0n) is 20.3. The fraction of sp³-hybridized carbons (Fsp3) is 0.500.